The number of hydrogen-bond donors (Lipinski definition) is 0. The van der Waals surface area contributed by atoms with Crippen LogP contribution in [-0.4, -0.2) is 0 Å². The minimum Gasteiger partial charge on any atom is -0.310 e. The van der Waals surface area contributed by atoms with Crippen LogP contribution < -0.4 is 4.90 Å². The summed E-state index contributed by atoms with van der Waals surface area (Å²) in [6, 6.07) is 77.6. The van der Waals surface area contributed by atoms with E-state index >= 15 is 0 Å². The molecule has 10 rings (SSSR count). The van der Waals surface area contributed by atoms with Gasteiger partial charge in [-0.2, -0.15) is 0 Å². The zero-order valence-electron chi connectivity index (χ0n) is 31.7. The number of fused-ring (bicyclic) bond motifs is 4. The summed E-state index contributed by atoms with van der Waals surface area (Å²) >= 11 is 0. The molecule has 0 aromatic heterocycles. The Kier molecular flexibility index (Phi) is 8.23. The summed E-state index contributed by atoms with van der Waals surface area (Å²) in [6.07, 6.45) is 0. The van der Waals surface area contributed by atoms with E-state index in [1.807, 2.05) is 0 Å². The van der Waals surface area contributed by atoms with Crippen molar-refractivity contribution in [3.63, 3.8) is 0 Å². The predicted octanol–water partition coefficient (Wildman–Crippen LogP) is 15.3. The minimum atomic E-state index is -0.193. The van der Waals surface area contributed by atoms with Crippen LogP contribution in [0.25, 0.3) is 66.4 Å². The highest BCUT2D eigenvalue weighted by molar-refractivity contribution is 6.06. The standard InChI is InChI=1S/C55H41N/c1-55(2)50-30-17-29-46(39-20-8-4-9-21-39)54(50)49-35-33-44(37-51(49)55)56(43-26-16-25-42(36-43)38-18-6-3-7-19-38)52-31-15-14-28-47(52)48-34-32-40-22-12-13-27-45(40)53(48)41-23-10-5-11-24-41/h3-37H,1-2H3. The maximum Gasteiger partial charge on any atom is 0.0540 e. The van der Waals surface area contributed by atoms with Gasteiger partial charge in [0.1, 0.15) is 0 Å². The van der Waals surface area contributed by atoms with Gasteiger partial charge >= 0.3 is 0 Å². The molecular formula is C55H41N. The number of anilines is 3. The number of para-hydroxylation sites is 1. The van der Waals surface area contributed by atoms with Gasteiger partial charge in [0.05, 0.1) is 5.69 Å². The van der Waals surface area contributed by atoms with Gasteiger partial charge in [-0.3, -0.25) is 0 Å². The second-order valence-electron chi connectivity index (χ2n) is 15.3. The van der Waals surface area contributed by atoms with Crippen LogP contribution >= 0.6 is 0 Å². The molecule has 1 aliphatic carbocycles. The Labute approximate surface area is 329 Å². The minimum absolute atomic E-state index is 0.193. The average molecular weight is 716 g/mol. The van der Waals surface area contributed by atoms with Crippen LogP contribution in [0.2, 0.25) is 0 Å². The van der Waals surface area contributed by atoms with Crippen molar-refractivity contribution in [1.29, 1.82) is 0 Å². The molecule has 266 valence electrons. The molecule has 0 N–H and O–H groups in total. The Morgan fingerprint density at radius 2 is 0.929 bits per heavy atom. The molecule has 0 saturated carbocycles. The second-order valence-corrected chi connectivity index (χ2v) is 15.3. The van der Waals surface area contributed by atoms with E-state index < -0.39 is 0 Å². The Hall–Kier alpha value is -6.96. The molecule has 0 atom stereocenters. The summed E-state index contributed by atoms with van der Waals surface area (Å²) in [7, 11) is 0. The van der Waals surface area contributed by atoms with Crippen LogP contribution in [0.4, 0.5) is 17.1 Å². The molecule has 0 saturated heterocycles. The van der Waals surface area contributed by atoms with Crippen molar-refractivity contribution < 1.29 is 0 Å². The zero-order chi connectivity index (χ0) is 37.6. The monoisotopic (exact) mass is 715 g/mol. The van der Waals surface area contributed by atoms with E-state index in [0.717, 1.165) is 17.1 Å². The maximum absolute atomic E-state index is 2.48. The van der Waals surface area contributed by atoms with Crippen LogP contribution in [0.1, 0.15) is 25.0 Å². The highest BCUT2D eigenvalue weighted by atomic mass is 15.1. The van der Waals surface area contributed by atoms with Crippen molar-refractivity contribution >= 4 is 27.8 Å². The topological polar surface area (TPSA) is 3.24 Å². The molecule has 0 spiro atoms. The van der Waals surface area contributed by atoms with Crippen molar-refractivity contribution in [3.8, 4) is 55.6 Å². The van der Waals surface area contributed by atoms with Gasteiger partial charge in [-0.25, -0.2) is 0 Å². The lowest BCUT2D eigenvalue weighted by atomic mass is 9.81. The summed E-state index contributed by atoms with van der Waals surface area (Å²) in [5, 5.41) is 2.48. The van der Waals surface area contributed by atoms with Crippen molar-refractivity contribution in [2.75, 3.05) is 4.90 Å². The molecule has 0 radical (unpaired) electrons. The molecule has 0 heterocycles. The quantitative estimate of drug-likeness (QED) is 0.159. The fraction of sp³-hybridized carbons (Fsp3) is 0.0545. The van der Waals surface area contributed by atoms with Crippen molar-refractivity contribution in [1.82, 2.24) is 0 Å². The first kappa shape index (κ1) is 33.6. The second kappa shape index (κ2) is 13.7. The van der Waals surface area contributed by atoms with Gasteiger partial charge < -0.3 is 4.90 Å². The summed E-state index contributed by atoms with van der Waals surface area (Å²) in [5.74, 6) is 0. The van der Waals surface area contributed by atoms with Gasteiger partial charge in [0.2, 0.25) is 0 Å². The highest BCUT2D eigenvalue weighted by Crippen LogP contribution is 2.54. The van der Waals surface area contributed by atoms with Crippen molar-refractivity contribution in [3.05, 3.63) is 223 Å². The zero-order valence-corrected chi connectivity index (χ0v) is 31.7. The summed E-state index contributed by atoms with van der Waals surface area (Å²) in [4.78, 5) is 2.48. The van der Waals surface area contributed by atoms with E-state index in [0.29, 0.717) is 0 Å². The lowest BCUT2D eigenvalue weighted by molar-refractivity contribution is 0.660. The van der Waals surface area contributed by atoms with Crippen LogP contribution in [0.5, 0.6) is 0 Å². The molecule has 1 heteroatoms. The molecule has 1 nitrogen and oxygen atoms in total. The Balaban J connectivity index is 1.22. The van der Waals surface area contributed by atoms with Crippen LogP contribution in [0.3, 0.4) is 0 Å². The predicted molar refractivity (Wildman–Crippen MR) is 238 cm³/mol. The molecule has 0 amide bonds. The van der Waals surface area contributed by atoms with Crippen LogP contribution in [-0.2, 0) is 5.41 Å². The molecule has 0 unspecified atom stereocenters. The maximum atomic E-state index is 2.48. The summed E-state index contributed by atoms with van der Waals surface area (Å²) in [5.41, 5.74) is 18.3. The SMILES string of the molecule is CC1(C)c2cc(N(c3cccc(-c4ccccc4)c3)c3ccccc3-c3ccc4ccccc4c3-c3ccccc3)ccc2-c2c(-c3ccccc3)cccc21. The van der Waals surface area contributed by atoms with E-state index in [4.69, 9.17) is 0 Å². The van der Waals surface area contributed by atoms with E-state index in [1.54, 1.807) is 0 Å². The first-order valence-electron chi connectivity index (χ1n) is 19.5. The number of rotatable bonds is 7. The first-order valence-corrected chi connectivity index (χ1v) is 19.5. The average Bonchev–Trinajstić information content (AvgIpc) is 3.50. The molecule has 0 fully saturated rings. The Morgan fingerprint density at radius 3 is 1.71 bits per heavy atom. The largest absolute Gasteiger partial charge is 0.310 e. The fourth-order valence-electron chi connectivity index (χ4n) is 8.96. The third-order valence-electron chi connectivity index (χ3n) is 11.7. The van der Waals surface area contributed by atoms with Crippen molar-refractivity contribution in [2.24, 2.45) is 0 Å². The molecule has 0 bridgehead atoms. The summed E-state index contributed by atoms with van der Waals surface area (Å²) < 4.78 is 0. The molecule has 9 aromatic rings. The molecule has 9 aromatic carbocycles. The lowest BCUT2D eigenvalue weighted by Gasteiger charge is -2.30. The Bertz CT molecular complexity index is 2870. The first-order chi connectivity index (χ1) is 27.6. The molecule has 56 heavy (non-hydrogen) atoms. The van der Waals surface area contributed by atoms with E-state index in [2.05, 4.69) is 231 Å². The smallest absolute Gasteiger partial charge is 0.0540 e. The third kappa shape index (κ3) is 5.63. The van der Waals surface area contributed by atoms with E-state index in [-0.39, 0.29) is 5.41 Å². The van der Waals surface area contributed by atoms with Gasteiger partial charge in [0.25, 0.3) is 0 Å². The lowest BCUT2D eigenvalue weighted by Crippen LogP contribution is -2.17. The third-order valence-corrected chi connectivity index (χ3v) is 11.7. The van der Waals surface area contributed by atoms with Crippen molar-refractivity contribution in [2.45, 2.75) is 19.3 Å². The van der Waals surface area contributed by atoms with Gasteiger partial charge in [-0.05, 0) is 102 Å². The molecule has 1 aliphatic rings. The van der Waals surface area contributed by atoms with Gasteiger partial charge in [0, 0.05) is 22.4 Å². The van der Waals surface area contributed by atoms with Gasteiger partial charge in [-0.1, -0.05) is 196 Å². The van der Waals surface area contributed by atoms with Crippen LogP contribution in [0.15, 0.2) is 212 Å². The van der Waals surface area contributed by atoms with E-state index in [1.165, 1.54) is 77.5 Å². The fourth-order valence-corrected chi connectivity index (χ4v) is 8.96. The Morgan fingerprint density at radius 1 is 0.339 bits per heavy atom. The van der Waals surface area contributed by atoms with Crippen LogP contribution in [0, 0.1) is 0 Å². The number of benzene rings is 9. The number of hydrogen-bond acceptors (Lipinski definition) is 1. The summed E-state index contributed by atoms with van der Waals surface area (Å²) in [6.45, 7) is 4.76. The van der Waals surface area contributed by atoms with Gasteiger partial charge in [-0.15, -0.1) is 0 Å². The molecule has 0 aliphatic heterocycles. The molecular weight excluding hydrogens is 675 g/mol. The normalized spacial score (nSPS) is 12.6. The highest BCUT2D eigenvalue weighted by Gasteiger charge is 2.37. The van der Waals surface area contributed by atoms with Gasteiger partial charge in [0.15, 0.2) is 0 Å². The van der Waals surface area contributed by atoms with E-state index in [9.17, 15) is 0 Å². The number of nitrogens with zero attached hydrogens (tertiary/aromatic N) is 1.